The SMILES string of the molecule is c1ccc(-n2c3ccccc3c3cc(-c4ccc5c(c4)c4ccccc4n5-c4cccc(-c5ccc6c(c5)c5ccccc5n6-c5cccc(-c6ccc7c8ccccc8n(-c8ccccc8)c7c6)c5)c4)ccc32)cc1. The van der Waals surface area contributed by atoms with Crippen LogP contribution in [0.25, 0.3) is 143 Å². The molecular formula is C72H46N4. The number of rotatable bonds is 7. The average Bonchev–Trinajstić information content (AvgIpc) is 4.27. The van der Waals surface area contributed by atoms with Crippen molar-refractivity contribution < 1.29 is 0 Å². The third kappa shape index (κ3) is 6.44. The summed E-state index contributed by atoms with van der Waals surface area (Å²) in [6.07, 6.45) is 0. The smallest absolute Gasteiger partial charge is 0.0547 e. The number of aromatic nitrogens is 4. The molecule has 0 saturated heterocycles. The highest BCUT2D eigenvalue weighted by molar-refractivity contribution is 6.14. The molecule has 0 saturated carbocycles. The van der Waals surface area contributed by atoms with Crippen LogP contribution >= 0.6 is 0 Å². The highest BCUT2D eigenvalue weighted by atomic mass is 15.0. The summed E-state index contributed by atoms with van der Waals surface area (Å²) in [7, 11) is 0. The van der Waals surface area contributed by atoms with E-state index in [0.29, 0.717) is 0 Å². The quantitative estimate of drug-likeness (QED) is 0.152. The van der Waals surface area contributed by atoms with E-state index in [0.717, 1.165) is 17.1 Å². The molecule has 0 amide bonds. The zero-order valence-electron chi connectivity index (χ0n) is 41.3. The van der Waals surface area contributed by atoms with Crippen LogP contribution in [0.3, 0.4) is 0 Å². The van der Waals surface area contributed by atoms with Gasteiger partial charge in [-0.2, -0.15) is 0 Å². The van der Waals surface area contributed by atoms with Crippen molar-refractivity contribution in [1.82, 2.24) is 18.3 Å². The van der Waals surface area contributed by atoms with E-state index in [1.54, 1.807) is 0 Å². The molecule has 0 aliphatic rings. The Kier molecular flexibility index (Phi) is 9.30. The van der Waals surface area contributed by atoms with Crippen LogP contribution in [0.2, 0.25) is 0 Å². The van der Waals surface area contributed by atoms with Gasteiger partial charge in [-0.15, -0.1) is 0 Å². The van der Waals surface area contributed by atoms with Gasteiger partial charge < -0.3 is 18.3 Å². The van der Waals surface area contributed by atoms with Crippen LogP contribution in [0.15, 0.2) is 279 Å². The first-order chi connectivity index (χ1) is 37.7. The molecule has 0 atom stereocenters. The molecular weight excluding hydrogens is 921 g/mol. The van der Waals surface area contributed by atoms with Gasteiger partial charge in [0.15, 0.2) is 0 Å². The monoisotopic (exact) mass is 966 g/mol. The van der Waals surface area contributed by atoms with Crippen molar-refractivity contribution in [3.8, 4) is 56.1 Å². The number of hydrogen-bond acceptors (Lipinski definition) is 0. The summed E-state index contributed by atoms with van der Waals surface area (Å²) in [5.41, 5.74) is 21.3. The number of hydrogen-bond donors (Lipinski definition) is 0. The third-order valence-corrected chi connectivity index (χ3v) is 15.9. The lowest BCUT2D eigenvalue weighted by molar-refractivity contribution is 1.18. The van der Waals surface area contributed by atoms with E-state index in [2.05, 4.69) is 297 Å². The van der Waals surface area contributed by atoms with Gasteiger partial charge >= 0.3 is 0 Å². The Morgan fingerprint density at radius 1 is 0.145 bits per heavy atom. The van der Waals surface area contributed by atoms with Gasteiger partial charge in [-0.25, -0.2) is 0 Å². The molecule has 76 heavy (non-hydrogen) atoms. The summed E-state index contributed by atoms with van der Waals surface area (Å²) in [6.45, 7) is 0. The fourth-order valence-corrected chi connectivity index (χ4v) is 12.5. The maximum atomic E-state index is 2.44. The first-order valence-electron chi connectivity index (χ1n) is 26.2. The van der Waals surface area contributed by atoms with Gasteiger partial charge in [-0.05, 0) is 149 Å². The molecule has 354 valence electrons. The lowest BCUT2D eigenvalue weighted by Crippen LogP contribution is -1.95. The second kappa shape index (κ2) is 16.7. The highest BCUT2D eigenvalue weighted by Crippen LogP contribution is 2.41. The number of nitrogens with zero attached hydrogens (tertiary/aromatic N) is 4. The molecule has 16 rings (SSSR count). The molecule has 0 spiro atoms. The minimum Gasteiger partial charge on any atom is -0.309 e. The first kappa shape index (κ1) is 42.4. The van der Waals surface area contributed by atoms with E-state index in [-0.39, 0.29) is 0 Å². The minimum atomic E-state index is 1.13. The topological polar surface area (TPSA) is 19.7 Å². The molecule has 0 fully saturated rings. The van der Waals surface area contributed by atoms with Gasteiger partial charge in [0.2, 0.25) is 0 Å². The van der Waals surface area contributed by atoms with Crippen LogP contribution in [0.5, 0.6) is 0 Å². The van der Waals surface area contributed by atoms with E-state index in [1.165, 1.54) is 126 Å². The fraction of sp³-hybridized carbons (Fsp3) is 0. The Hall–Kier alpha value is -10.2. The third-order valence-electron chi connectivity index (χ3n) is 15.9. The van der Waals surface area contributed by atoms with Crippen molar-refractivity contribution in [1.29, 1.82) is 0 Å². The average molecular weight is 967 g/mol. The molecule has 4 nitrogen and oxygen atoms in total. The van der Waals surface area contributed by atoms with Crippen LogP contribution < -0.4 is 0 Å². The van der Waals surface area contributed by atoms with Gasteiger partial charge in [-0.1, -0.05) is 164 Å². The minimum absolute atomic E-state index is 1.13. The highest BCUT2D eigenvalue weighted by Gasteiger charge is 2.19. The van der Waals surface area contributed by atoms with E-state index in [1.807, 2.05) is 0 Å². The van der Waals surface area contributed by atoms with Crippen molar-refractivity contribution in [2.75, 3.05) is 0 Å². The van der Waals surface area contributed by atoms with Crippen LogP contribution in [0, 0.1) is 0 Å². The van der Waals surface area contributed by atoms with E-state index in [4.69, 9.17) is 0 Å². The Labute approximate surface area is 438 Å². The van der Waals surface area contributed by atoms with Crippen LogP contribution in [0.1, 0.15) is 0 Å². The predicted octanol–water partition coefficient (Wildman–Crippen LogP) is 19.1. The number of fused-ring (bicyclic) bond motifs is 12. The second-order valence-electron chi connectivity index (χ2n) is 20.1. The lowest BCUT2D eigenvalue weighted by Gasteiger charge is -2.12. The molecule has 0 aliphatic heterocycles. The zero-order chi connectivity index (χ0) is 49.8. The van der Waals surface area contributed by atoms with Gasteiger partial charge in [0.05, 0.1) is 44.1 Å². The molecule has 0 bridgehead atoms. The van der Waals surface area contributed by atoms with Gasteiger partial charge in [0.25, 0.3) is 0 Å². The normalized spacial score (nSPS) is 11.9. The molecule has 0 aliphatic carbocycles. The van der Waals surface area contributed by atoms with Crippen LogP contribution in [-0.2, 0) is 0 Å². The summed E-state index contributed by atoms with van der Waals surface area (Å²) in [5, 5.41) is 9.95. The molecule has 16 aromatic rings. The first-order valence-corrected chi connectivity index (χ1v) is 26.2. The number of para-hydroxylation sites is 6. The maximum absolute atomic E-state index is 2.44. The van der Waals surface area contributed by atoms with Gasteiger partial charge in [-0.3, -0.25) is 0 Å². The van der Waals surface area contributed by atoms with Crippen LogP contribution in [-0.4, -0.2) is 18.3 Å². The fourth-order valence-electron chi connectivity index (χ4n) is 12.5. The van der Waals surface area contributed by atoms with Crippen molar-refractivity contribution in [2.45, 2.75) is 0 Å². The van der Waals surface area contributed by atoms with Gasteiger partial charge in [0.1, 0.15) is 0 Å². The van der Waals surface area contributed by atoms with Crippen molar-refractivity contribution in [3.05, 3.63) is 279 Å². The molecule has 12 aromatic carbocycles. The molecule has 4 heteroatoms. The summed E-state index contributed by atoms with van der Waals surface area (Å²) in [6, 6.07) is 102. The Bertz CT molecular complexity index is 4990. The molecule has 0 N–H and O–H groups in total. The molecule has 4 aromatic heterocycles. The molecule has 0 radical (unpaired) electrons. The zero-order valence-corrected chi connectivity index (χ0v) is 41.3. The second-order valence-corrected chi connectivity index (χ2v) is 20.1. The van der Waals surface area contributed by atoms with Crippen molar-refractivity contribution >= 4 is 87.2 Å². The summed E-state index contributed by atoms with van der Waals surface area (Å²) >= 11 is 0. The van der Waals surface area contributed by atoms with Crippen molar-refractivity contribution in [2.24, 2.45) is 0 Å². The Morgan fingerprint density at radius 2 is 0.421 bits per heavy atom. The molecule has 4 heterocycles. The van der Waals surface area contributed by atoms with Gasteiger partial charge in [0, 0.05) is 65.8 Å². The standard InChI is InChI=1S/C72H46N4/c1-3-19-53(20-4-1)73-66-30-12-8-26-58(66)62-44-50(35-38-69(62)73)51-36-40-71-64(45-51)60-28-10-14-32-68(60)75(71)55-23-15-17-47(41-55)49-34-39-70-63(43-49)59-27-9-13-31-67(59)76(70)56-24-16-18-48(42-56)52-33-37-61-57-25-7-11-29-65(57)74(72(61)46-52)54-21-5-2-6-22-54/h1-46H. The summed E-state index contributed by atoms with van der Waals surface area (Å²) in [4.78, 5) is 0. The largest absolute Gasteiger partial charge is 0.309 e. The Morgan fingerprint density at radius 3 is 0.842 bits per heavy atom. The van der Waals surface area contributed by atoms with Crippen LogP contribution in [0.4, 0.5) is 0 Å². The van der Waals surface area contributed by atoms with Crippen molar-refractivity contribution in [3.63, 3.8) is 0 Å². The number of benzene rings is 12. The van der Waals surface area contributed by atoms with E-state index >= 15 is 0 Å². The Balaban J connectivity index is 0.778. The van der Waals surface area contributed by atoms with E-state index < -0.39 is 0 Å². The van der Waals surface area contributed by atoms with E-state index in [9.17, 15) is 0 Å². The summed E-state index contributed by atoms with van der Waals surface area (Å²) in [5.74, 6) is 0. The lowest BCUT2D eigenvalue weighted by atomic mass is 10.0. The predicted molar refractivity (Wildman–Crippen MR) is 320 cm³/mol. The maximum Gasteiger partial charge on any atom is 0.0547 e. The molecule has 0 unspecified atom stereocenters. The summed E-state index contributed by atoms with van der Waals surface area (Å²) < 4.78 is 9.64.